The molecule has 1 rings (SSSR count). The van der Waals surface area contributed by atoms with Gasteiger partial charge in [0.1, 0.15) is 0 Å². The molecule has 11 heavy (non-hydrogen) atoms. The van der Waals surface area contributed by atoms with Gasteiger partial charge in [-0.25, -0.2) is 0 Å². The van der Waals surface area contributed by atoms with Crippen LogP contribution >= 0.6 is 0 Å². The SMILES string of the molecule is C=CC1CC1(C)CCCCC. The Hall–Kier alpha value is -0.260. The van der Waals surface area contributed by atoms with Gasteiger partial charge in [-0.1, -0.05) is 39.2 Å². The van der Waals surface area contributed by atoms with E-state index in [0.29, 0.717) is 5.41 Å². The zero-order valence-corrected chi connectivity index (χ0v) is 7.90. The largest absolute Gasteiger partial charge is 0.103 e. The lowest BCUT2D eigenvalue weighted by Gasteiger charge is -2.07. The summed E-state index contributed by atoms with van der Waals surface area (Å²) in [5.74, 6) is 0.833. The smallest absolute Gasteiger partial charge is 0.0177 e. The van der Waals surface area contributed by atoms with Gasteiger partial charge in [-0.05, 0) is 24.2 Å². The van der Waals surface area contributed by atoms with Crippen molar-refractivity contribution in [1.29, 1.82) is 0 Å². The van der Waals surface area contributed by atoms with Gasteiger partial charge in [0.15, 0.2) is 0 Å². The van der Waals surface area contributed by atoms with Crippen LogP contribution in [0.25, 0.3) is 0 Å². The Morgan fingerprint density at radius 3 is 2.73 bits per heavy atom. The van der Waals surface area contributed by atoms with Crippen LogP contribution in [0.1, 0.15) is 46.0 Å². The first-order valence-corrected chi connectivity index (χ1v) is 4.85. The van der Waals surface area contributed by atoms with E-state index in [1.807, 2.05) is 0 Å². The first-order chi connectivity index (χ1) is 5.23. The summed E-state index contributed by atoms with van der Waals surface area (Å²) in [6.45, 7) is 8.51. The highest BCUT2D eigenvalue weighted by Gasteiger charge is 2.46. The van der Waals surface area contributed by atoms with Crippen LogP contribution in [0.4, 0.5) is 0 Å². The summed E-state index contributed by atoms with van der Waals surface area (Å²) in [6.07, 6.45) is 9.09. The van der Waals surface area contributed by atoms with E-state index in [-0.39, 0.29) is 0 Å². The van der Waals surface area contributed by atoms with E-state index >= 15 is 0 Å². The van der Waals surface area contributed by atoms with Crippen molar-refractivity contribution in [2.24, 2.45) is 11.3 Å². The van der Waals surface area contributed by atoms with Gasteiger partial charge in [-0.2, -0.15) is 0 Å². The molecular formula is C11H20. The van der Waals surface area contributed by atoms with Gasteiger partial charge in [0.05, 0.1) is 0 Å². The highest BCUT2D eigenvalue weighted by Crippen LogP contribution is 2.56. The van der Waals surface area contributed by atoms with Crippen LogP contribution in [0.5, 0.6) is 0 Å². The molecule has 0 aliphatic heterocycles. The van der Waals surface area contributed by atoms with Crippen LogP contribution < -0.4 is 0 Å². The highest BCUT2D eigenvalue weighted by molar-refractivity contribution is 5.06. The Labute approximate surface area is 70.7 Å². The van der Waals surface area contributed by atoms with Crippen molar-refractivity contribution in [3.63, 3.8) is 0 Å². The molecular weight excluding hydrogens is 132 g/mol. The van der Waals surface area contributed by atoms with Gasteiger partial charge in [0.25, 0.3) is 0 Å². The fourth-order valence-corrected chi connectivity index (χ4v) is 1.88. The Bertz CT molecular complexity index is 137. The molecule has 2 unspecified atom stereocenters. The van der Waals surface area contributed by atoms with E-state index in [1.54, 1.807) is 0 Å². The molecule has 0 aromatic heterocycles. The van der Waals surface area contributed by atoms with Crippen LogP contribution in [0.3, 0.4) is 0 Å². The number of hydrogen-bond donors (Lipinski definition) is 0. The summed E-state index contributed by atoms with van der Waals surface area (Å²) in [6, 6.07) is 0. The third-order valence-corrected chi connectivity index (χ3v) is 3.06. The van der Waals surface area contributed by atoms with Gasteiger partial charge >= 0.3 is 0 Å². The third kappa shape index (κ3) is 2.08. The molecule has 0 spiro atoms. The molecule has 0 bridgehead atoms. The van der Waals surface area contributed by atoms with Crippen LogP contribution in [-0.2, 0) is 0 Å². The fraction of sp³-hybridized carbons (Fsp3) is 0.818. The molecule has 0 nitrogen and oxygen atoms in total. The molecule has 1 saturated carbocycles. The van der Waals surface area contributed by atoms with Crippen LogP contribution in [0.15, 0.2) is 12.7 Å². The van der Waals surface area contributed by atoms with Gasteiger partial charge in [-0.3, -0.25) is 0 Å². The number of hydrogen-bond acceptors (Lipinski definition) is 0. The summed E-state index contributed by atoms with van der Waals surface area (Å²) >= 11 is 0. The molecule has 0 heterocycles. The lowest BCUT2D eigenvalue weighted by atomic mass is 9.98. The van der Waals surface area contributed by atoms with Gasteiger partial charge < -0.3 is 0 Å². The van der Waals surface area contributed by atoms with Gasteiger partial charge in [0.2, 0.25) is 0 Å². The Balaban J connectivity index is 2.12. The Morgan fingerprint density at radius 1 is 1.55 bits per heavy atom. The molecule has 2 atom stereocenters. The zero-order valence-electron chi connectivity index (χ0n) is 7.90. The summed E-state index contributed by atoms with van der Waals surface area (Å²) < 4.78 is 0. The Kier molecular flexibility index (Phi) is 2.75. The predicted molar refractivity (Wildman–Crippen MR) is 50.6 cm³/mol. The van der Waals surface area contributed by atoms with E-state index < -0.39 is 0 Å². The van der Waals surface area contributed by atoms with Crippen molar-refractivity contribution < 1.29 is 0 Å². The van der Waals surface area contributed by atoms with Crippen LogP contribution in [0, 0.1) is 11.3 Å². The van der Waals surface area contributed by atoms with Crippen molar-refractivity contribution in [1.82, 2.24) is 0 Å². The summed E-state index contributed by atoms with van der Waals surface area (Å²) in [4.78, 5) is 0. The second-order valence-electron chi connectivity index (χ2n) is 4.16. The van der Waals surface area contributed by atoms with E-state index in [1.165, 1.54) is 32.1 Å². The summed E-state index contributed by atoms with van der Waals surface area (Å²) in [7, 11) is 0. The van der Waals surface area contributed by atoms with E-state index in [4.69, 9.17) is 0 Å². The molecule has 64 valence electrons. The molecule has 0 heteroatoms. The lowest BCUT2D eigenvalue weighted by molar-refractivity contribution is 0.457. The monoisotopic (exact) mass is 152 g/mol. The second-order valence-corrected chi connectivity index (χ2v) is 4.16. The summed E-state index contributed by atoms with van der Waals surface area (Å²) in [5, 5.41) is 0. The van der Waals surface area contributed by atoms with Crippen molar-refractivity contribution >= 4 is 0 Å². The minimum Gasteiger partial charge on any atom is -0.103 e. The minimum absolute atomic E-state index is 0.650. The standard InChI is InChI=1S/C11H20/c1-4-6-7-8-11(3)9-10(11)5-2/h5,10H,2,4,6-9H2,1,3H3. The molecule has 1 aliphatic rings. The molecule has 0 radical (unpaired) electrons. The van der Waals surface area contributed by atoms with E-state index in [9.17, 15) is 0 Å². The average Bonchev–Trinajstić information content (AvgIpc) is 2.63. The van der Waals surface area contributed by atoms with Crippen molar-refractivity contribution in [3.8, 4) is 0 Å². The van der Waals surface area contributed by atoms with Gasteiger partial charge in [0, 0.05) is 0 Å². The minimum atomic E-state index is 0.650. The van der Waals surface area contributed by atoms with Crippen molar-refractivity contribution in [2.45, 2.75) is 46.0 Å². The molecule has 1 fully saturated rings. The molecule has 0 amide bonds. The normalized spacial score (nSPS) is 35.3. The van der Waals surface area contributed by atoms with Crippen molar-refractivity contribution in [3.05, 3.63) is 12.7 Å². The fourth-order valence-electron chi connectivity index (χ4n) is 1.88. The lowest BCUT2D eigenvalue weighted by Crippen LogP contribution is -1.96. The zero-order chi connectivity index (χ0) is 8.32. The first kappa shape index (κ1) is 8.83. The summed E-state index contributed by atoms with van der Waals surface area (Å²) in [5.41, 5.74) is 0.650. The van der Waals surface area contributed by atoms with Crippen molar-refractivity contribution in [2.75, 3.05) is 0 Å². The molecule has 0 aromatic rings. The second kappa shape index (κ2) is 3.42. The average molecular weight is 152 g/mol. The number of unbranched alkanes of at least 4 members (excludes halogenated alkanes) is 2. The Morgan fingerprint density at radius 2 is 2.27 bits per heavy atom. The predicted octanol–water partition coefficient (Wildman–Crippen LogP) is 3.78. The maximum Gasteiger partial charge on any atom is -0.0177 e. The quantitative estimate of drug-likeness (QED) is 0.415. The van der Waals surface area contributed by atoms with E-state index in [0.717, 1.165) is 5.92 Å². The third-order valence-electron chi connectivity index (χ3n) is 3.06. The first-order valence-electron chi connectivity index (χ1n) is 4.85. The topological polar surface area (TPSA) is 0 Å². The van der Waals surface area contributed by atoms with Crippen LogP contribution in [0.2, 0.25) is 0 Å². The number of rotatable bonds is 5. The molecule has 0 aromatic carbocycles. The van der Waals surface area contributed by atoms with Gasteiger partial charge in [-0.15, -0.1) is 6.58 Å². The van der Waals surface area contributed by atoms with E-state index in [2.05, 4.69) is 26.5 Å². The van der Waals surface area contributed by atoms with Crippen LogP contribution in [-0.4, -0.2) is 0 Å². The molecule has 0 N–H and O–H groups in total. The number of allylic oxidation sites excluding steroid dienone is 1. The molecule has 1 aliphatic carbocycles. The molecule has 0 saturated heterocycles. The maximum atomic E-state index is 3.85. The highest BCUT2D eigenvalue weighted by atomic mass is 14.5. The maximum absolute atomic E-state index is 3.85.